The summed E-state index contributed by atoms with van der Waals surface area (Å²) < 4.78 is 0. The zero-order chi connectivity index (χ0) is 19.7. The summed E-state index contributed by atoms with van der Waals surface area (Å²) in [5, 5.41) is 5.62. The molecule has 0 unspecified atom stereocenters. The molecule has 2 aromatic carbocycles. The molecule has 1 saturated heterocycles. The van der Waals surface area contributed by atoms with Crippen LogP contribution in [0.15, 0.2) is 48.5 Å². The van der Waals surface area contributed by atoms with Gasteiger partial charge < -0.3 is 10.6 Å². The fourth-order valence-electron chi connectivity index (χ4n) is 3.08. The molecule has 4 amide bonds. The van der Waals surface area contributed by atoms with Gasteiger partial charge in [0.25, 0.3) is 5.91 Å². The first kappa shape index (κ1) is 17.9. The number of carbonyl (C=O) groups is 4. The van der Waals surface area contributed by atoms with Crippen molar-refractivity contribution in [1.82, 2.24) is 0 Å². The zero-order valence-electron chi connectivity index (χ0n) is 15.1. The summed E-state index contributed by atoms with van der Waals surface area (Å²) in [6.45, 7) is 0. The van der Waals surface area contributed by atoms with Gasteiger partial charge >= 0.3 is 0 Å². The van der Waals surface area contributed by atoms with Gasteiger partial charge in [0, 0.05) is 35.7 Å². The minimum absolute atomic E-state index is 0.0274. The van der Waals surface area contributed by atoms with Crippen molar-refractivity contribution in [2.75, 3.05) is 15.5 Å². The van der Waals surface area contributed by atoms with Crippen molar-refractivity contribution in [3.8, 4) is 0 Å². The Morgan fingerprint density at radius 1 is 0.857 bits per heavy atom. The third-order valence-electron chi connectivity index (χ3n) is 4.78. The molecule has 1 saturated carbocycles. The molecular formula is C21H19N3O4. The number of hydrogen-bond donors (Lipinski definition) is 2. The molecule has 0 atom stereocenters. The fraction of sp³-hybridized carbons (Fsp3) is 0.238. The SMILES string of the molecule is O=C(Nc1ccc(NC(=O)C2CC2)cc1)c1cccc(N2C(=O)CCC2=O)c1. The highest BCUT2D eigenvalue weighted by Crippen LogP contribution is 2.30. The van der Waals surface area contributed by atoms with Gasteiger partial charge in [-0.1, -0.05) is 6.07 Å². The molecule has 2 aromatic rings. The van der Waals surface area contributed by atoms with Gasteiger partial charge in [-0.3, -0.25) is 24.1 Å². The van der Waals surface area contributed by atoms with E-state index in [4.69, 9.17) is 0 Å². The van der Waals surface area contributed by atoms with Gasteiger partial charge in [-0.2, -0.15) is 0 Å². The number of nitrogens with one attached hydrogen (secondary N) is 2. The van der Waals surface area contributed by atoms with Crippen LogP contribution in [-0.4, -0.2) is 23.6 Å². The van der Waals surface area contributed by atoms with Crippen LogP contribution in [0.5, 0.6) is 0 Å². The first-order chi connectivity index (χ1) is 13.5. The monoisotopic (exact) mass is 377 g/mol. The van der Waals surface area contributed by atoms with Gasteiger partial charge in [0.05, 0.1) is 5.69 Å². The van der Waals surface area contributed by atoms with Crippen molar-refractivity contribution in [3.05, 3.63) is 54.1 Å². The Kier molecular flexibility index (Phi) is 4.65. The average Bonchev–Trinajstić information content (AvgIpc) is 3.49. The lowest BCUT2D eigenvalue weighted by molar-refractivity contribution is -0.121. The lowest BCUT2D eigenvalue weighted by Crippen LogP contribution is -2.28. The zero-order valence-corrected chi connectivity index (χ0v) is 15.1. The molecule has 28 heavy (non-hydrogen) atoms. The molecule has 4 rings (SSSR count). The largest absolute Gasteiger partial charge is 0.326 e. The van der Waals surface area contributed by atoms with Crippen molar-refractivity contribution in [2.24, 2.45) is 5.92 Å². The Hall–Kier alpha value is -3.48. The Labute approximate surface area is 161 Å². The van der Waals surface area contributed by atoms with Gasteiger partial charge in [-0.25, -0.2) is 0 Å². The van der Waals surface area contributed by atoms with E-state index in [0.29, 0.717) is 22.6 Å². The maximum absolute atomic E-state index is 12.5. The highest BCUT2D eigenvalue weighted by atomic mass is 16.2. The second-order valence-corrected chi connectivity index (χ2v) is 6.97. The molecule has 0 bridgehead atoms. The van der Waals surface area contributed by atoms with E-state index >= 15 is 0 Å². The van der Waals surface area contributed by atoms with Crippen molar-refractivity contribution < 1.29 is 19.2 Å². The standard InChI is InChI=1S/C21H19N3O4/c25-18-10-11-19(26)24(18)17-3-1-2-14(12-17)21(28)23-16-8-6-15(7-9-16)22-20(27)13-4-5-13/h1-3,6-9,12-13H,4-5,10-11H2,(H,22,27)(H,23,28). The third kappa shape index (κ3) is 3.78. The molecule has 7 nitrogen and oxygen atoms in total. The molecule has 2 N–H and O–H groups in total. The number of anilines is 3. The molecule has 2 fully saturated rings. The van der Waals surface area contributed by atoms with Crippen LogP contribution in [0, 0.1) is 5.92 Å². The predicted octanol–water partition coefficient (Wildman–Crippen LogP) is 2.94. The van der Waals surface area contributed by atoms with Crippen LogP contribution in [0.2, 0.25) is 0 Å². The maximum atomic E-state index is 12.5. The smallest absolute Gasteiger partial charge is 0.255 e. The van der Waals surface area contributed by atoms with Crippen LogP contribution in [0.3, 0.4) is 0 Å². The fourth-order valence-corrected chi connectivity index (χ4v) is 3.08. The number of carbonyl (C=O) groups excluding carboxylic acids is 4. The van der Waals surface area contributed by atoms with Crippen LogP contribution in [-0.2, 0) is 14.4 Å². The molecule has 0 spiro atoms. The second kappa shape index (κ2) is 7.26. The number of amides is 4. The van der Waals surface area contributed by atoms with Gasteiger partial charge in [0.15, 0.2) is 0 Å². The van der Waals surface area contributed by atoms with Crippen molar-refractivity contribution >= 4 is 40.7 Å². The van der Waals surface area contributed by atoms with E-state index in [-0.39, 0.29) is 42.4 Å². The van der Waals surface area contributed by atoms with Gasteiger partial charge in [-0.15, -0.1) is 0 Å². The van der Waals surface area contributed by atoms with Crippen LogP contribution in [0.4, 0.5) is 17.1 Å². The number of rotatable bonds is 5. The summed E-state index contributed by atoms with van der Waals surface area (Å²) in [5.41, 5.74) is 2.01. The minimum Gasteiger partial charge on any atom is -0.326 e. The van der Waals surface area contributed by atoms with Crippen LogP contribution < -0.4 is 15.5 Å². The number of hydrogen-bond acceptors (Lipinski definition) is 4. The van der Waals surface area contributed by atoms with E-state index < -0.39 is 0 Å². The van der Waals surface area contributed by atoms with E-state index in [1.54, 1.807) is 42.5 Å². The first-order valence-electron chi connectivity index (χ1n) is 9.19. The highest BCUT2D eigenvalue weighted by Gasteiger charge is 2.31. The Balaban J connectivity index is 1.43. The molecule has 2 aliphatic rings. The summed E-state index contributed by atoms with van der Waals surface area (Å²) in [5.74, 6) is -0.714. The Bertz CT molecular complexity index is 948. The molecule has 1 aliphatic carbocycles. The van der Waals surface area contributed by atoms with E-state index in [2.05, 4.69) is 10.6 Å². The Morgan fingerprint density at radius 3 is 2.07 bits per heavy atom. The van der Waals surface area contributed by atoms with E-state index in [1.807, 2.05) is 0 Å². The number of benzene rings is 2. The van der Waals surface area contributed by atoms with Gasteiger partial charge in [0.2, 0.25) is 17.7 Å². The van der Waals surface area contributed by atoms with Gasteiger partial charge in [-0.05, 0) is 55.3 Å². The second-order valence-electron chi connectivity index (χ2n) is 6.97. The highest BCUT2D eigenvalue weighted by molar-refractivity contribution is 6.20. The summed E-state index contributed by atoms with van der Waals surface area (Å²) in [4.78, 5) is 49.2. The molecule has 1 aliphatic heterocycles. The number of imide groups is 1. The molecule has 0 radical (unpaired) electrons. The lowest BCUT2D eigenvalue weighted by Gasteiger charge is -2.15. The summed E-state index contributed by atoms with van der Waals surface area (Å²) in [7, 11) is 0. The summed E-state index contributed by atoms with van der Waals surface area (Å²) in [6.07, 6.45) is 2.26. The molecule has 7 heteroatoms. The van der Waals surface area contributed by atoms with E-state index in [9.17, 15) is 19.2 Å². The topological polar surface area (TPSA) is 95.6 Å². The summed E-state index contributed by atoms with van der Waals surface area (Å²) in [6, 6.07) is 13.3. The maximum Gasteiger partial charge on any atom is 0.255 e. The molecule has 1 heterocycles. The average molecular weight is 377 g/mol. The lowest BCUT2D eigenvalue weighted by atomic mass is 10.1. The number of nitrogens with zero attached hydrogens (tertiary/aromatic N) is 1. The minimum atomic E-state index is -0.351. The van der Waals surface area contributed by atoms with Crippen molar-refractivity contribution in [3.63, 3.8) is 0 Å². The first-order valence-corrected chi connectivity index (χ1v) is 9.19. The van der Waals surface area contributed by atoms with Crippen LogP contribution in [0.25, 0.3) is 0 Å². The normalized spacial score (nSPS) is 16.2. The van der Waals surface area contributed by atoms with E-state index in [1.165, 1.54) is 6.07 Å². The van der Waals surface area contributed by atoms with Crippen LogP contribution in [0.1, 0.15) is 36.0 Å². The Morgan fingerprint density at radius 2 is 1.46 bits per heavy atom. The quantitative estimate of drug-likeness (QED) is 0.783. The molecular weight excluding hydrogens is 358 g/mol. The predicted molar refractivity (Wildman–Crippen MR) is 104 cm³/mol. The summed E-state index contributed by atoms with van der Waals surface area (Å²) >= 11 is 0. The third-order valence-corrected chi connectivity index (χ3v) is 4.78. The molecule has 142 valence electrons. The van der Waals surface area contributed by atoms with E-state index in [0.717, 1.165) is 17.7 Å². The van der Waals surface area contributed by atoms with Crippen LogP contribution >= 0.6 is 0 Å². The van der Waals surface area contributed by atoms with Gasteiger partial charge in [0.1, 0.15) is 0 Å². The van der Waals surface area contributed by atoms with Crippen molar-refractivity contribution in [1.29, 1.82) is 0 Å². The molecule has 0 aromatic heterocycles. The van der Waals surface area contributed by atoms with Crippen molar-refractivity contribution in [2.45, 2.75) is 25.7 Å².